The molecule has 0 saturated carbocycles. The number of hydrogen-bond donors (Lipinski definition) is 1. The summed E-state index contributed by atoms with van der Waals surface area (Å²) in [6.45, 7) is 3.57. The van der Waals surface area contributed by atoms with Crippen LogP contribution in [0.3, 0.4) is 0 Å². The van der Waals surface area contributed by atoms with Gasteiger partial charge in [-0.25, -0.2) is 9.37 Å². The highest BCUT2D eigenvalue weighted by Gasteiger charge is 2.48. The van der Waals surface area contributed by atoms with Crippen molar-refractivity contribution in [1.29, 1.82) is 0 Å². The molecule has 0 spiro atoms. The molecule has 1 unspecified atom stereocenters. The van der Waals surface area contributed by atoms with Gasteiger partial charge in [0.25, 0.3) is 0 Å². The maximum absolute atomic E-state index is 13.6. The molecule has 7 rings (SSSR count). The van der Waals surface area contributed by atoms with Gasteiger partial charge in [0.2, 0.25) is 5.89 Å². The zero-order valence-corrected chi connectivity index (χ0v) is 21.2. The Morgan fingerprint density at radius 2 is 1.65 bits per heavy atom. The maximum atomic E-state index is 13.6. The fourth-order valence-electron chi connectivity index (χ4n) is 5.95. The second-order valence-corrected chi connectivity index (χ2v) is 10.7. The number of hydrogen-bond acceptors (Lipinski definition) is 4. The van der Waals surface area contributed by atoms with Crippen molar-refractivity contribution >= 4 is 11.6 Å². The highest BCUT2D eigenvalue weighted by molar-refractivity contribution is 6.30. The summed E-state index contributed by atoms with van der Waals surface area (Å²) in [5.41, 5.74) is -0.0953. The quantitative estimate of drug-likeness (QED) is 0.307. The van der Waals surface area contributed by atoms with E-state index >= 15 is 0 Å². The zero-order valence-electron chi connectivity index (χ0n) is 20.4. The third kappa shape index (κ3) is 4.54. The third-order valence-electron chi connectivity index (χ3n) is 7.96. The van der Waals surface area contributed by atoms with Crippen LogP contribution in [0.25, 0.3) is 0 Å². The molecule has 4 aromatic rings. The molecule has 7 heteroatoms. The first-order valence-electron chi connectivity index (χ1n) is 12.7. The molecule has 3 aliphatic heterocycles. The number of quaternary nitrogens is 1. The Balaban J connectivity index is 1.25. The van der Waals surface area contributed by atoms with Gasteiger partial charge in [-0.3, -0.25) is 0 Å². The monoisotopic (exact) mass is 519 g/mol. The fraction of sp³-hybridized carbons (Fsp3) is 0.300. The van der Waals surface area contributed by atoms with E-state index in [1.54, 1.807) is 18.3 Å². The van der Waals surface area contributed by atoms with E-state index in [2.05, 4.69) is 4.98 Å². The van der Waals surface area contributed by atoms with E-state index in [1.807, 2.05) is 60.7 Å². The van der Waals surface area contributed by atoms with Gasteiger partial charge in [0.1, 0.15) is 24.7 Å². The van der Waals surface area contributed by atoms with Crippen molar-refractivity contribution < 1.29 is 23.1 Å². The van der Waals surface area contributed by atoms with Crippen molar-refractivity contribution in [3.8, 4) is 5.75 Å². The number of ether oxygens (including phenoxy) is 1. The molecule has 1 atom stereocenters. The minimum absolute atomic E-state index is 0.0250. The van der Waals surface area contributed by atoms with Crippen LogP contribution < -0.4 is 4.74 Å². The predicted molar refractivity (Wildman–Crippen MR) is 139 cm³/mol. The standard InChI is InChI=1S/C30H29ClFN2O3/c31-26-17-24(11-12-27(26)32)36-28-20-34(15-13-21(28)14-16-34)19-25-18-33-29(37-25)30(35,22-7-3-1-4-8-22)23-9-5-2-6-10-23/h1-12,17-18,21,28,35H,13-16,19-20H2/q+1. The van der Waals surface area contributed by atoms with Crippen LogP contribution in [-0.4, -0.2) is 40.3 Å². The Bertz CT molecular complexity index is 1330. The summed E-state index contributed by atoms with van der Waals surface area (Å²) in [7, 11) is 0. The number of nitrogens with zero attached hydrogens (tertiary/aromatic N) is 2. The summed E-state index contributed by atoms with van der Waals surface area (Å²) >= 11 is 5.97. The minimum atomic E-state index is -1.50. The number of oxazole rings is 1. The Morgan fingerprint density at radius 3 is 2.27 bits per heavy atom. The van der Waals surface area contributed by atoms with Gasteiger partial charge in [0.05, 0.1) is 24.3 Å². The average Bonchev–Trinajstić information content (AvgIpc) is 3.40. The van der Waals surface area contributed by atoms with Gasteiger partial charge in [-0.1, -0.05) is 72.3 Å². The first-order valence-corrected chi connectivity index (χ1v) is 13.1. The molecular weight excluding hydrogens is 491 g/mol. The van der Waals surface area contributed by atoms with Gasteiger partial charge in [-0.15, -0.1) is 0 Å². The van der Waals surface area contributed by atoms with Crippen molar-refractivity contribution in [3.05, 3.63) is 119 Å². The smallest absolute Gasteiger partial charge is 0.236 e. The molecule has 5 nitrogen and oxygen atoms in total. The van der Waals surface area contributed by atoms with Crippen LogP contribution in [0.15, 0.2) is 89.5 Å². The normalized spacial score (nSPS) is 23.2. The summed E-state index contributed by atoms with van der Waals surface area (Å²) in [6.07, 6.45) is 3.88. The minimum Gasteiger partial charge on any atom is -0.484 e. The summed E-state index contributed by atoms with van der Waals surface area (Å²) in [5.74, 6) is 1.62. The van der Waals surface area contributed by atoms with Crippen LogP contribution >= 0.6 is 11.6 Å². The van der Waals surface area contributed by atoms with Crippen LogP contribution in [0, 0.1) is 11.7 Å². The molecule has 3 aliphatic rings. The predicted octanol–water partition coefficient (Wildman–Crippen LogP) is 5.94. The SMILES string of the molecule is OC(c1ccccc1)(c1ccccc1)c1ncc(C[N+]23CCC(CC2)C(Oc2ccc(F)c(Cl)c2)C3)o1. The van der Waals surface area contributed by atoms with Crippen LogP contribution in [0.4, 0.5) is 4.39 Å². The highest BCUT2D eigenvalue weighted by atomic mass is 35.5. The molecule has 190 valence electrons. The lowest BCUT2D eigenvalue weighted by atomic mass is 9.83. The summed E-state index contributed by atoms with van der Waals surface area (Å²) in [6, 6.07) is 23.5. The van der Waals surface area contributed by atoms with E-state index in [1.165, 1.54) is 6.07 Å². The molecule has 37 heavy (non-hydrogen) atoms. The van der Waals surface area contributed by atoms with E-state index in [0.717, 1.165) is 42.7 Å². The fourth-order valence-corrected chi connectivity index (χ4v) is 6.12. The van der Waals surface area contributed by atoms with Gasteiger partial charge in [-0.05, 0) is 23.3 Å². The largest absolute Gasteiger partial charge is 0.484 e. The van der Waals surface area contributed by atoms with Gasteiger partial charge in [0.15, 0.2) is 17.5 Å². The summed E-state index contributed by atoms with van der Waals surface area (Å²) in [5, 5.41) is 12.1. The molecule has 0 amide bonds. The van der Waals surface area contributed by atoms with Crippen LogP contribution in [-0.2, 0) is 12.1 Å². The van der Waals surface area contributed by atoms with E-state index < -0.39 is 11.4 Å². The molecule has 1 aromatic heterocycles. The second-order valence-electron chi connectivity index (χ2n) is 10.3. The Morgan fingerprint density at radius 1 is 1.00 bits per heavy atom. The molecule has 0 radical (unpaired) electrons. The Labute approximate surface area is 220 Å². The van der Waals surface area contributed by atoms with E-state index in [-0.39, 0.29) is 17.0 Å². The van der Waals surface area contributed by atoms with Gasteiger partial charge in [-0.2, -0.15) is 0 Å². The molecule has 3 aromatic carbocycles. The summed E-state index contributed by atoms with van der Waals surface area (Å²) < 4.78 is 27.1. The molecule has 3 fully saturated rings. The van der Waals surface area contributed by atoms with Crippen molar-refractivity contribution in [1.82, 2.24) is 4.98 Å². The first kappa shape index (κ1) is 24.2. The van der Waals surface area contributed by atoms with Crippen molar-refractivity contribution in [2.75, 3.05) is 19.6 Å². The number of fused-ring (bicyclic) bond motifs is 3. The van der Waals surface area contributed by atoms with E-state index in [0.29, 0.717) is 29.3 Å². The lowest BCUT2D eigenvalue weighted by molar-refractivity contribution is -0.958. The Hall–Kier alpha value is -3.19. The highest BCUT2D eigenvalue weighted by Crippen LogP contribution is 2.40. The number of aliphatic hydroxyl groups is 1. The molecule has 0 aliphatic carbocycles. The van der Waals surface area contributed by atoms with Gasteiger partial charge >= 0.3 is 0 Å². The third-order valence-corrected chi connectivity index (χ3v) is 8.25. The van der Waals surface area contributed by atoms with Crippen LogP contribution in [0.2, 0.25) is 5.02 Å². The van der Waals surface area contributed by atoms with Crippen molar-refractivity contribution in [2.45, 2.75) is 31.1 Å². The zero-order chi connectivity index (χ0) is 25.5. The van der Waals surface area contributed by atoms with E-state index in [9.17, 15) is 9.50 Å². The van der Waals surface area contributed by atoms with Crippen molar-refractivity contribution in [2.24, 2.45) is 5.92 Å². The molecule has 4 heterocycles. The summed E-state index contributed by atoms with van der Waals surface area (Å²) in [4.78, 5) is 4.58. The number of halogens is 2. The second kappa shape index (κ2) is 9.60. The number of piperidine rings is 3. The molecular formula is C30H29ClFN2O3+. The molecule has 3 saturated heterocycles. The topological polar surface area (TPSA) is 55.5 Å². The number of aromatic nitrogens is 1. The van der Waals surface area contributed by atoms with Crippen LogP contribution in [0.5, 0.6) is 5.75 Å². The lowest BCUT2D eigenvalue weighted by Gasteiger charge is -2.51. The lowest BCUT2D eigenvalue weighted by Crippen LogP contribution is -2.64. The Kier molecular flexibility index (Phi) is 6.27. The molecule has 2 bridgehead atoms. The first-order chi connectivity index (χ1) is 18.0. The van der Waals surface area contributed by atoms with Crippen LogP contribution in [0.1, 0.15) is 35.6 Å². The average molecular weight is 520 g/mol. The van der Waals surface area contributed by atoms with Gasteiger partial charge in [0, 0.05) is 24.8 Å². The van der Waals surface area contributed by atoms with E-state index in [4.69, 9.17) is 20.8 Å². The maximum Gasteiger partial charge on any atom is 0.236 e. The molecule has 1 N–H and O–H groups in total. The van der Waals surface area contributed by atoms with Crippen molar-refractivity contribution in [3.63, 3.8) is 0 Å². The number of rotatable bonds is 7. The number of benzene rings is 3. The van der Waals surface area contributed by atoms with Gasteiger partial charge < -0.3 is 18.7 Å².